The van der Waals surface area contributed by atoms with Gasteiger partial charge in [0.2, 0.25) is 0 Å². The van der Waals surface area contributed by atoms with Crippen molar-refractivity contribution in [2.24, 2.45) is 0 Å². The molecule has 0 fully saturated rings. The molecule has 0 atom stereocenters. The molecule has 1 N–H and O–H groups in total. The third-order valence-electron chi connectivity index (χ3n) is 4.40. The standard InChI is InChI=1S/C24H25NO.ClH/c1-18(17-25(2)3)24(22-10-7-11-23(26)16-22)21-14-12-20(13-15-21)19-8-5-4-6-9-19;/h4-16,26H,17H2,1-3H3;1H/b24-18-;. The topological polar surface area (TPSA) is 23.5 Å². The maximum atomic E-state index is 9.93. The Labute approximate surface area is 168 Å². The van der Waals surface area contributed by atoms with Gasteiger partial charge in [-0.05, 0) is 61.0 Å². The van der Waals surface area contributed by atoms with E-state index in [4.69, 9.17) is 0 Å². The normalized spacial score (nSPS) is 11.7. The Kier molecular flexibility index (Phi) is 7.23. The molecule has 0 radical (unpaired) electrons. The zero-order chi connectivity index (χ0) is 18.5. The highest BCUT2D eigenvalue weighted by atomic mass is 35.5. The average Bonchev–Trinajstić information content (AvgIpc) is 2.63. The predicted molar refractivity (Wildman–Crippen MR) is 117 cm³/mol. The second kappa shape index (κ2) is 9.40. The second-order valence-electron chi connectivity index (χ2n) is 6.89. The first-order chi connectivity index (χ1) is 12.5. The molecule has 2 nitrogen and oxygen atoms in total. The fourth-order valence-corrected chi connectivity index (χ4v) is 3.33. The van der Waals surface area contributed by atoms with Crippen LogP contribution in [0.4, 0.5) is 0 Å². The van der Waals surface area contributed by atoms with E-state index in [-0.39, 0.29) is 12.4 Å². The van der Waals surface area contributed by atoms with Crippen LogP contribution >= 0.6 is 12.4 Å². The van der Waals surface area contributed by atoms with Crippen LogP contribution in [0.3, 0.4) is 0 Å². The van der Waals surface area contributed by atoms with E-state index in [2.05, 4.69) is 80.5 Å². The molecule has 0 unspecified atom stereocenters. The predicted octanol–water partition coefficient (Wildman–Crippen LogP) is 5.86. The van der Waals surface area contributed by atoms with Gasteiger partial charge in [0.15, 0.2) is 0 Å². The lowest BCUT2D eigenvalue weighted by molar-refractivity contribution is 0.446. The van der Waals surface area contributed by atoms with Crippen molar-refractivity contribution in [1.29, 1.82) is 0 Å². The Morgan fingerprint density at radius 1 is 0.778 bits per heavy atom. The molecule has 0 aliphatic heterocycles. The number of hydrogen-bond acceptors (Lipinski definition) is 2. The first-order valence-electron chi connectivity index (χ1n) is 8.84. The van der Waals surface area contributed by atoms with Gasteiger partial charge in [0, 0.05) is 6.54 Å². The number of rotatable bonds is 5. The molecule has 0 amide bonds. The quantitative estimate of drug-likeness (QED) is 0.599. The van der Waals surface area contributed by atoms with Gasteiger partial charge < -0.3 is 10.0 Å². The van der Waals surface area contributed by atoms with Crippen LogP contribution in [0.2, 0.25) is 0 Å². The van der Waals surface area contributed by atoms with Crippen molar-refractivity contribution in [3.8, 4) is 16.9 Å². The van der Waals surface area contributed by atoms with Gasteiger partial charge in [-0.1, -0.05) is 72.3 Å². The van der Waals surface area contributed by atoms with E-state index in [0.717, 1.165) is 17.7 Å². The van der Waals surface area contributed by atoms with Gasteiger partial charge in [0.1, 0.15) is 5.75 Å². The van der Waals surface area contributed by atoms with Gasteiger partial charge in [0.25, 0.3) is 0 Å². The highest BCUT2D eigenvalue weighted by Crippen LogP contribution is 2.31. The summed E-state index contributed by atoms with van der Waals surface area (Å²) in [5, 5.41) is 9.93. The maximum Gasteiger partial charge on any atom is 0.116 e. The summed E-state index contributed by atoms with van der Waals surface area (Å²) in [6.45, 7) is 3.02. The monoisotopic (exact) mass is 379 g/mol. The van der Waals surface area contributed by atoms with Crippen LogP contribution in [-0.4, -0.2) is 30.6 Å². The number of halogens is 1. The van der Waals surface area contributed by atoms with Crippen LogP contribution in [0.15, 0.2) is 84.4 Å². The van der Waals surface area contributed by atoms with E-state index in [1.165, 1.54) is 22.3 Å². The van der Waals surface area contributed by atoms with Crippen molar-refractivity contribution in [1.82, 2.24) is 4.90 Å². The van der Waals surface area contributed by atoms with Crippen molar-refractivity contribution in [3.05, 3.63) is 95.6 Å². The van der Waals surface area contributed by atoms with E-state index in [9.17, 15) is 5.11 Å². The second-order valence-corrected chi connectivity index (χ2v) is 6.89. The van der Waals surface area contributed by atoms with E-state index in [1.54, 1.807) is 6.07 Å². The van der Waals surface area contributed by atoms with Crippen LogP contribution in [-0.2, 0) is 0 Å². The summed E-state index contributed by atoms with van der Waals surface area (Å²) < 4.78 is 0. The molecule has 0 saturated carbocycles. The van der Waals surface area contributed by atoms with Crippen molar-refractivity contribution < 1.29 is 5.11 Å². The molecule has 3 aromatic rings. The van der Waals surface area contributed by atoms with E-state index >= 15 is 0 Å². The van der Waals surface area contributed by atoms with Crippen molar-refractivity contribution in [3.63, 3.8) is 0 Å². The van der Waals surface area contributed by atoms with Crippen LogP contribution in [0.5, 0.6) is 5.75 Å². The molecular weight excluding hydrogens is 354 g/mol. The van der Waals surface area contributed by atoms with Crippen LogP contribution < -0.4 is 0 Å². The van der Waals surface area contributed by atoms with E-state index in [0.29, 0.717) is 5.75 Å². The number of aromatic hydroxyl groups is 1. The minimum atomic E-state index is 0. The Hall–Kier alpha value is -2.55. The lowest BCUT2D eigenvalue weighted by Crippen LogP contribution is -2.15. The number of phenols is 1. The van der Waals surface area contributed by atoms with Gasteiger partial charge >= 0.3 is 0 Å². The Balaban J connectivity index is 0.00000261. The third kappa shape index (κ3) is 5.22. The average molecular weight is 380 g/mol. The number of nitrogens with zero attached hydrogens (tertiary/aromatic N) is 1. The van der Waals surface area contributed by atoms with Gasteiger partial charge in [-0.25, -0.2) is 0 Å². The Morgan fingerprint density at radius 2 is 1.41 bits per heavy atom. The van der Waals surface area contributed by atoms with Crippen molar-refractivity contribution in [2.75, 3.05) is 20.6 Å². The summed E-state index contributed by atoms with van der Waals surface area (Å²) >= 11 is 0. The maximum absolute atomic E-state index is 9.93. The molecule has 3 rings (SSSR count). The zero-order valence-corrected chi connectivity index (χ0v) is 16.8. The molecule has 0 heterocycles. The summed E-state index contributed by atoms with van der Waals surface area (Å²) in [5.41, 5.74) is 7.07. The first-order valence-corrected chi connectivity index (χ1v) is 8.84. The van der Waals surface area contributed by atoms with Crippen LogP contribution in [0, 0.1) is 0 Å². The minimum Gasteiger partial charge on any atom is -0.508 e. The fourth-order valence-electron chi connectivity index (χ4n) is 3.33. The molecule has 0 bridgehead atoms. The number of benzene rings is 3. The lowest BCUT2D eigenvalue weighted by Gasteiger charge is -2.17. The van der Waals surface area contributed by atoms with Gasteiger partial charge in [0.05, 0.1) is 0 Å². The Bertz CT molecular complexity index is 899. The highest BCUT2D eigenvalue weighted by Gasteiger charge is 2.11. The summed E-state index contributed by atoms with van der Waals surface area (Å²) in [4.78, 5) is 2.16. The first kappa shape index (κ1) is 20.8. The summed E-state index contributed by atoms with van der Waals surface area (Å²) in [5.74, 6) is 0.290. The van der Waals surface area contributed by atoms with E-state index in [1.807, 2.05) is 18.2 Å². The zero-order valence-electron chi connectivity index (χ0n) is 16.0. The largest absolute Gasteiger partial charge is 0.508 e. The SMILES string of the molecule is C/C(CN(C)C)=C(\c1ccc(-c2ccccc2)cc1)c1cccc(O)c1.Cl. The highest BCUT2D eigenvalue weighted by molar-refractivity contribution is 5.85. The summed E-state index contributed by atoms with van der Waals surface area (Å²) in [7, 11) is 4.14. The molecule has 3 heteroatoms. The van der Waals surface area contributed by atoms with Gasteiger partial charge in [-0.2, -0.15) is 0 Å². The summed E-state index contributed by atoms with van der Waals surface area (Å²) in [6, 6.07) is 26.5. The smallest absolute Gasteiger partial charge is 0.116 e. The number of phenolic OH excluding ortho intramolecular Hbond substituents is 1. The van der Waals surface area contributed by atoms with Crippen molar-refractivity contribution >= 4 is 18.0 Å². The molecule has 140 valence electrons. The molecule has 0 aliphatic carbocycles. The van der Waals surface area contributed by atoms with E-state index < -0.39 is 0 Å². The fraction of sp³-hybridized carbons (Fsp3) is 0.167. The van der Waals surface area contributed by atoms with Crippen molar-refractivity contribution in [2.45, 2.75) is 6.92 Å². The van der Waals surface area contributed by atoms with Crippen LogP contribution in [0.1, 0.15) is 18.1 Å². The molecule has 3 aromatic carbocycles. The Morgan fingerprint density at radius 3 is 2.00 bits per heavy atom. The van der Waals surface area contributed by atoms with Gasteiger partial charge in [-0.15, -0.1) is 12.4 Å². The summed E-state index contributed by atoms with van der Waals surface area (Å²) in [6.07, 6.45) is 0. The third-order valence-corrected chi connectivity index (χ3v) is 4.40. The van der Waals surface area contributed by atoms with Gasteiger partial charge in [-0.3, -0.25) is 0 Å². The number of hydrogen-bond donors (Lipinski definition) is 1. The molecule has 27 heavy (non-hydrogen) atoms. The lowest BCUT2D eigenvalue weighted by atomic mass is 9.92. The van der Waals surface area contributed by atoms with Crippen LogP contribution in [0.25, 0.3) is 16.7 Å². The molecule has 0 aromatic heterocycles. The molecule has 0 spiro atoms. The molecular formula is C24H26ClNO. The molecule has 0 saturated heterocycles. The number of likely N-dealkylation sites (N-methyl/N-ethyl adjacent to an activating group) is 1. The molecule has 0 aliphatic rings. The minimum absolute atomic E-state index is 0.